The third-order valence-electron chi connectivity index (χ3n) is 4.17. The Balaban J connectivity index is 2.15. The summed E-state index contributed by atoms with van der Waals surface area (Å²) in [6.07, 6.45) is 0.0468. The summed E-state index contributed by atoms with van der Waals surface area (Å²) in [5.41, 5.74) is 0.0544. The van der Waals surface area contributed by atoms with Gasteiger partial charge in [-0.15, -0.1) is 6.58 Å². The highest BCUT2D eigenvalue weighted by molar-refractivity contribution is 7.89. The maximum Gasteiger partial charge on any atom is 0.338 e. The zero-order valence-corrected chi connectivity index (χ0v) is 17.1. The van der Waals surface area contributed by atoms with E-state index in [4.69, 9.17) is 9.47 Å². The number of esters is 1. The van der Waals surface area contributed by atoms with Gasteiger partial charge < -0.3 is 14.8 Å². The van der Waals surface area contributed by atoms with Gasteiger partial charge >= 0.3 is 5.97 Å². The van der Waals surface area contributed by atoms with Crippen LogP contribution in [0.3, 0.4) is 0 Å². The molecule has 1 heterocycles. The summed E-state index contributed by atoms with van der Waals surface area (Å²) >= 11 is 0. The number of rotatable bonds is 7. The number of sulfonamides is 1. The van der Waals surface area contributed by atoms with Crippen molar-refractivity contribution in [3.05, 3.63) is 42.5 Å². The number of ether oxygens (including phenoxy) is 2. The first-order chi connectivity index (χ1) is 13.1. The van der Waals surface area contributed by atoms with Crippen LogP contribution in [0.4, 0.5) is 0 Å². The molecule has 9 heteroatoms. The molecule has 0 saturated carbocycles. The Hall–Kier alpha value is -2.23. The zero-order chi connectivity index (χ0) is 20.9. The minimum absolute atomic E-state index is 0.00740. The SMILES string of the molecule is C=CCNC(=O)[C@H](C)OC(=O)c1cccc(S(=O)(=O)N2C[C@@H](C)O[C@@H](C)C2)c1. The van der Waals surface area contributed by atoms with E-state index in [0.717, 1.165) is 0 Å². The van der Waals surface area contributed by atoms with Gasteiger partial charge in [0.25, 0.3) is 5.91 Å². The zero-order valence-electron chi connectivity index (χ0n) is 16.3. The van der Waals surface area contributed by atoms with E-state index in [9.17, 15) is 18.0 Å². The van der Waals surface area contributed by atoms with Gasteiger partial charge in [0, 0.05) is 19.6 Å². The largest absolute Gasteiger partial charge is 0.449 e. The molecule has 1 aromatic carbocycles. The normalized spacial score (nSPS) is 21.5. The quantitative estimate of drug-likeness (QED) is 0.538. The van der Waals surface area contributed by atoms with Crippen molar-refractivity contribution >= 4 is 21.9 Å². The van der Waals surface area contributed by atoms with Crippen molar-refractivity contribution in [3.8, 4) is 0 Å². The Labute approximate surface area is 165 Å². The van der Waals surface area contributed by atoms with Crippen LogP contribution in [0, 0.1) is 0 Å². The molecule has 28 heavy (non-hydrogen) atoms. The second-order valence-corrected chi connectivity index (χ2v) is 8.63. The summed E-state index contributed by atoms with van der Waals surface area (Å²) < 4.78 is 38.0. The van der Waals surface area contributed by atoms with Crippen molar-refractivity contribution in [2.75, 3.05) is 19.6 Å². The topological polar surface area (TPSA) is 102 Å². The van der Waals surface area contributed by atoms with E-state index >= 15 is 0 Å². The third kappa shape index (κ3) is 5.40. The van der Waals surface area contributed by atoms with Gasteiger partial charge in [0.15, 0.2) is 6.10 Å². The van der Waals surface area contributed by atoms with Gasteiger partial charge in [-0.25, -0.2) is 13.2 Å². The van der Waals surface area contributed by atoms with Crippen molar-refractivity contribution in [2.45, 2.75) is 44.0 Å². The Morgan fingerprint density at radius 1 is 1.36 bits per heavy atom. The Kier molecular flexibility index (Phi) is 7.34. The maximum atomic E-state index is 12.9. The fourth-order valence-corrected chi connectivity index (χ4v) is 4.50. The molecule has 0 bridgehead atoms. The van der Waals surface area contributed by atoms with Crippen LogP contribution in [0.5, 0.6) is 0 Å². The number of hydrogen-bond acceptors (Lipinski definition) is 6. The number of nitrogens with one attached hydrogen (secondary N) is 1. The first-order valence-electron chi connectivity index (χ1n) is 9.00. The summed E-state index contributed by atoms with van der Waals surface area (Å²) in [5, 5.41) is 2.53. The second kappa shape index (κ2) is 9.31. The number of amides is 1. The minimum Gasteiger partial charge on any atom is -0.449 e. The van der Waals surface area contributed by atoms with E-state index in [2.05, 4.69) is 11.9 Å². The molecular formula is C19H26N2O6S. The molecule has 154 valence electrons. The summed E-state index contributed by atoms with van der Waals surface area (Å²) in [7, 11) is -3.79. The van der Waals surface area contributed by atoms with Crippen LogP contribution in [-0.2, 0) is 24.3 Å². The van der Waals surface area contributed by atoms with Crippen LogP contribution >= 0.6 is 0 Å². The molecule has 1 amide bonds. The standard InChI is InChI=1S/C19H26N2O6S/c1-5-9-20-18(22)15(4)27-19(23)16-7-6-8-17(10-16)28(24,25)21-11-13(2)26-14(3)12-21/h5-8,10,13-15H,1,9,11-12H2,2-4H3,(H,20,22)/t13-,14+,15-/m0/s1. The highest BCUT2D eigenvalue weighted by Gasteiger charge is 2.32. The predicted octanol–water partition coefficient (Wildman–Crippen LogP) is 1.33. The summed E-state index contributed by atoms with van der Waals surface area (Å²) in [5.74, 6) is -1.24. The van der Waals surface area contributed by atoms with E-state index in [0.29, 0.717) is 0 Å². The van der Waals surface area contributed by atoms with Gasteiger partial charge in [0.2, 0.25) is 10.0 Å². The summed E-state index contributed by atoms with van der Waals surface area (Å²) in [6, 6.07) is 5.60. The molecule has 1 aromatic rings. The van der Waals surface area contributed by atoms with Gasteiger partial charge in [-0.1, -0.05) is 12.1 Å². The predicted molar refractivity (Wildman–Crippen MR) is 103 cm³/mol. The van der Waals surface area contributed by atoms with Crippen LogP contribution < -0.4 is 5.32 Å². The second-order valence-electron chi connectivity index (χ2n) is 6.69. The molecule has 0 aliphatic carbocycles. The molecule has 1 aliphatic rings. The average Bonchev–Trinajstić information content (AvgIpc) is 2.65. The number of benzene rings is 1. The van der Waals surface area contributed by atoms with Gasteiger partial charge in [-0.05, 0) is 39.0 Å². The molecule has 2 rings (SSSR count). The Morgan fingerprint density at radius 3 is 2.61 bits per heavy atom. The van der Waals surface area contributed by atoms with Crippen LogP contribution in [-0.4, -0.2) is 62.5 Å². The van der Waals surface area contributed by atoms with Crippen LogP contribution in [0.2, 0.25) is 0 Å². The van der Waals surface area contributed by atoms with Gasteiger partial charge in [-0.3, -0.25) is 4.79 Å². The first-order valence-corrected chi connectivity index (χ1v) is 10.4. The lowest BCUT2D eigenvalue weighted by atomic mass is 10.2. The fourth-order valence-electron chi connectivity index (χ4n) is 2.86. The number of nitrogens with zero attached hydrogens (tertiary/aromatic N) is 1. The number of carbonyl (C=O) groups is 2. The fraction of sp³-hybridized carbons (Fsp3) is 0.474. The lowest BCUT2D eigenvalue weighted by Crippen LogP contribution is -2.48. The van der Waals surface area contributed by atoms with E-state index in [1.165, 1.54) is 41.6 Å². The van der Waals surface area contributed by atoms with Crippen molar-refractivity contribution in [1.29, 1.82) is 0 Å². The lowest BCUT2D eigenvalue weighted by Gasteiger charge is -2.34. The average molecular weight is 410 g/mol. The monoisotopic (exact) mass is 410 g/mol. The van der Waals surface area contributed by atoms with Gasteiger partial charge in [-0.2, -0.15) is 4.31 Å². The van der Waals surface area contributed by atoms with E-state index < -0.39 is 28.0 Å². The summed E-state index contributed by atoms with van der Waals surface area (Å²) in [4.78, 5) is 24.1. The number of morpholine rings is 1. The van der Waals surface area contributed by atoms with Crippen molar-refractivity contribution < 1.29 is 27.5 Å². The van der Waals surface area contributed by atoms with Crippen LogP contribution in [0.1, 0.15) is 31.1 Å². The van der Waals surface area contributed by atoms with Crippen LogP contribution in [0.25, 0.3) is 0 Å². The van der Waals surface area contributed by atoms with E-state index in [-0.39, 0.29) is 42.3 Å². The molecular weight excluding hydrogens is 384 g/mol. The highest BCUT2D eigenvalue weighted by Crippen LogP contribution is 2.22. The lowest BCUT2D eigenvalue weighted by molar-refractivity contribution is -0.128. The molecule has 0 radical (unpaired) electrons. The van der Waals surface area contributed by atoms with E-state index in [1.807, 2.05) is 13.8 Å². The van der Waals surface area contributed by atoms with Crippen LogP contribution in [0.15, 0.2) is 41.8 Å². The molecule has 1 aliphatic heterocycles. The van der Waals surface area contributed by atoms with E-state index in [1.54, 1.807) is 0 Å². The van der Waals surface area contributed by atoms with Gasteiger partial charge in [0.1, 0.15) is 0 Å². The smallest absolute Gasteiger partial charge is 0.338 e. The molecule has 0 aromatic heterocycles. The van der Waals surface area contributed by atoms with Crippen molar-refractivity contribution in [3.63, 3.8) is 0 Å². The molecule has 1 N–H and O–H groups in total. The molecule has 1 saturated heterocycles. The Bertz CT molecular complexity index is 829. The number of carbonyl (C=O) groups excluding carboxylic acids is 2. The third-order valence-corrected chi connectivity index (χ3v) is 5.99. The Morgan fingerprint density at radius 2 is 2.00 bits per heavy atom. The molecule has 8 nitrogen and oxygen atoms in total. The maximum absolute atomic E-state index is 12.9. The minimum atomic E-state index is -3.79. The van der Waals surface area contributed by atoms with Crippen molar-refractivity contribution in [2.24, 2.45) is 0 Å². The molecule has 0 unspecified atom stereocenters. The number of hydrogen-bond donors (Lipinski definition) is 1. The molecule has 0 spiro atoms. The van der Waals surface area contributed by atoms with Crippen molar-refractivity contribution in [1.82, 2.24) is 9.62 Å². The first kappa shape index (κ1) is 22.1. The molecule has 3 atom stereocenters. The highest BCUT2D eigenvalue weighted by atomic mass is 32.2. The summed E-state index contributed by atoms with van der Waals surface area (Å²) in [6.45, 7) is 9.28. The molecule has 1 fully saturated rings. The van der Waals surface area contributed by atoms with Gasteiger partial charge in [0.05, 0.1) is 22.7 Å².